The lowest BCUT2D eigenvalue weighted by molar-refractivity contribution is -0.184. The van der Waals surface area contributed by atoms with Crippen LogP contribution >= 0.6 is 11.8 Å². The lowest BCUT2D eigenvalue weighted by atomic mass is 9.92. The van der Waals surface area contributed by atoms with Crippen LogP contribution in [0.15, 0.2) is 91.0 Å². The van der Waals surface area contributed by atoms with Gasteiger partial charge < -0.3 is 14.8 Å². The van der Waals surface area contributed by atoms with Gasteiger partial charge >= 0.3 is 16.8 Å². The van der Waals surface area contributed by atoms with Crippen molar-refractivity contribution in [3.05, 3.63) is 108 Å². The van der Waals surface area contributed by atoms with Crippen LogP contribution in [-0.2, 0) is 62.9 Å². The SMILES string of the molecule is CC(=O)SC[C@@H]1[C@H](NC(=O)Cc2ccccc2)C(=O)N1C(C(=O)OCc1ccccc1)(C(=O)OCc1ccccc1)S(C)(=O)=O. The average Bonchev–Trinajstić information content (AvgIpc) is 3.02. The van der Waals surface area contributed by atoms with Crippen molar-refractivity contribution in [1.29, 1.82) is 0 Å². The minimum atomic E-state index is -4.85. The maximum atomic E-state index is 13.9. The Balaban J connectivity index is 1.72. The molecule has 1 aliphatic rings. The molecule has 1 aliphatic heterocycles. The zero-order valence-electron chi connectivity index (χ0n) is 24.6. The number of hydrogen-bond donors (Lipinski definition) is 1. The maximum absolute atomic E-state index is 13.9. The summed E-state index contributed by atoms with van der Waals surface area (Å²) < 4.78 is 38.1. The summed E-state index contributed by atoms with van der Waals surface area (Å²) >= 11 is 0.743. The van der Waals surface area contributed by atoms with Crippen LogP contribution in [0.4, 0.5) is 0 Å². The van der Waals surface area contributed by atoms with Gasteiger partial charge in [0.1, 0.15) is 19.3 Å². The molecule has 0 unspecified atom stereocenters. The fraction of sp³-hybridized carbons (Fsp3) is 0.281. The van der Waals surface area contributed by atoms with E-state index in [0.717, 1.165) is 11.8 Å². The van der Waals surface area contributed by atoms with E-state index >= 15 is 0 Å². The molecule has 45 heavy (non-hydrogen) atoms. The van der Waals surface area contributed by atoms with E-state index in [1.54, 1.807) is 91.0 Å². The van der Waals surface area contributed by atoms with Gasteiger partial charge in [-0.3, -0.25) is 19.3 Å². The molecule has 1 N–H and O–H groups in total. The highest BCUT2D eigenvalue weighted by atomic mass is 32.2. The van der Waals surface area contributed by atoms with E-state index in [9.17, 15) is 32.4 Å². The lowest BCUT2D eigenvalue weighted by Gasteiger charge is -2.52. The van der Waals surface area contributed by atoms with E-state index in [1.165, 1.54) is 6.92 Å². The molecule has 11 nitrogen and oxygen atoms in total. The number of nitrogens with one attached hydrogen (secondary N) is 1. The number of carbonyl (C=O) groups is 5. The molecule has 13 heteroatoms. The molecular formula is C32H32N2O9S2. The molecule has 0 spiro atoms. The van der Waals surface area contributed by atoms with Crippen molar-refractivity contribution in [3.63, 3.8) is 0 Å². The standard InChI is InChI=1S/C32H32N2O9S2/c1-22(35)44-21-26-28(33-27(36)18-23-12-6-3-7-13-23)29(37)34(26)32(45(2,40)41,30(38)42-19-24-14-8-4-9-15-24)31(39)43-20-25-16-10-5-11-17-25/h3-17,26,28H,18-21H2,1-2H3,(H,33,36)/t26-,28+/m1/s1. The predicted molar refractivity (Wildman–Crippen MR) is 166 cm³/mol. The third-order valence-electron chi connectivity index (χ3n) is 7.06. The molecule has 1 saturated heterocycles. The number of ether oxygens (including phenoxy) is 2. The first-order chi connectivity index (χ1) is 21.4. The Morgan fingerprint density at radius 2 is 1.24 bits per heavy atom. The number of likely N-dealkylation sites (tertiary alicyclic amines) is 1. The Hall–Kier alpha value is -4.49. The van der Waals surface area contributed by atoms with Crippen LogP contribution < -0.4 is 5.32 Å². The highest BCUT2D eigenvalue weighted by molar-refractivity contribution is 8.13. The summed E-state index contributed by atoms with van der Waals surface area (Å²) in [6.07, 6.45) is 0.539. The molecule has 4 rings (SSSR count). The molecule has 3 aromatic rings. The van der Waals surface area contributed by atoms with Gasteiger partial charge in [0.25, 0.3) is 0 Å². The second-order valence-corrected chi connectivity index (χ2v) is 13.7. The summed E-state index contributed by atoms with van der Waals surface area (Å²) in [4.78, 5) is 63.8. The first-order valence-electron chi connectivity index (χ1n) is 13.9. The van der Waals surface area contributed by atoms with Crippen LogP contribution in [-0.4, -0.2) is 71.1 Å². The second-order valence-electron chi connectivity index (χ2n) is 10.3. The molecule has 2 atom stereocenters. The van der Waals surface area contributed by atoms with Gasteiger partial charge in [0.2, 0.25) is 11.8 Å². The summed E-state index contributed by atoms with van der Waals surface area (Å²) in [5.41, 5.74) is 1.65. The van der Waals surface area contributed by atoms with Crippen LogP contribution in [0.25, 0.3) is 0 Å². The Kier molecular flexibility index (Phi) is 10.8. The zero-order chi connectivity index (χ0) is 32.6. The molecule has 0 saturated carbocycles. The molecule has 0 radical (unpaired) electrons. The van der Waals surface area contributed by atoms with Gasteiger partial charge in [-0.2, -0.15) is 0 Å². The predicted octanol–water partition coefficient (Wildman–Crippen LogP) is 2.43. The van der Waals surface area contributed by atoms with Gasteiger partial charge in [-0.1, -0.05) is 103 Å². The first kappa shape index (κ1) is 33.4. The third kappa shape index (κ3) is 7.60. The summed E-state index contributed by atoms with van der Waals surface area (Å²) in [6, 6.07) is 22.8. The summed E-state index contributed by atoms with van der Waals surface area (Å²) in [7, 11) is -4.85. The van der Waals surface area contributed by atoms with Crippen LogP contribution in [0.1, 0.15) is 23.6 Å². The zero-order valence-corrected chi connectivity index (χ0v) is 26.2. The number of amides is 2. The normalized spacial score (nSPS) is 16.3. The molecule has 0 bridgehead atoms. The van der Waals surface area contributed by atoms with E-state index in [2.05, 4.69) is 5.32 Å². The lowest BCUT2D eigenvalue weighted by Crippen LogP contribution is -2.82. The van der Waals surface area contributed by atoms with Crippen molar-refractivity contribution in [3.8, 4) is 0 Å². The quantitative estimate of drug-likeness (QED) is 0.166. The number of β-lactam (4-membered cyclic amide) rings is 1. The molecule has 3 aromatic carbocycles. The number of thioether (sulfide) groups is 1. The van der Waals surface area contributed by atoms with Crippen molar-refractivity contribution < 1.29 is 41.9 Å². The van der Waals surface area contributed by atoms with E-state index in [1.807, 2.05) is 0 Å². The summed E-state index contributed by atoms with van der Waals surface area (Å²) in [5.74, 6) is -4.91. The highest BCUT2D eigenvalue weighted by Crippen LogP contribution is 2.38. The number of carbonyl (C=O) groups excluding carboxylic acids is 5. The Morgan fingerprint density at radius 3 is 1.67 bits per heavy atom. The Bertz CT molecular complexity index is 1590. The van der Waals surface area contributed by atoms with Crippen molar-refractivity contribution >= 4 is 50.5 Å². The topological polar surface area (TPSA) is 153 Å². The number of sulfone groups is 1. The number of hydrogen-bond acceptors (Lipinski definition) is 10. The largest absolute Gasteiger partial charge is 0.458 e. The van der Waals surface area contributed by atoms with Gasteiger partial charge in [0, 0.05) is 18.9 Å². The van der Waals surface area contributed by atoms with Crippen LogP contribution in [0.3, 0.4) is 0 Å². The van der Waals surface area contributed by atoms with Crippen molar-refractivity contribution in [2.24, 2.45) is 0 Å². The van der Waals surface area contributed by atoms with Gasteiger partial charge in [-0.05, 0) is 16.7 Å². The molecule has 1 fully saturated rings. The van der Waals surface area contributed by atoms with E-state index in [4.69, 9.17) is 9.47 Å². The van der Waals surface area contributed by atoms with Gasteiger partial charge in [-0.15, -0.1) is 0 Å². The molecule has 0 aromatic heterocycles. The average molecular weight is 653 g/mol. The minimum Gasteiger partial charge on any atom is -0.458 e. The Labute approximate surface area is 265 Å². The molecule has 1 heterocycles. The Morgan fingerprint density at radius 1 is 0.800 bits per heavy atom. The molecule has 236 valence electrons. The number of nitrogens with zero attached hydrogens (tertiary/aromatic N) is 1. The molecule has 2 amide bonds. The fourth-order valence-electron chi connectivity index (χ4n) is 4.87. The maximum Gasteiger partial charge on any atom is 0.360 e. The third-order valence-corrected chi connectivity index (χ3v) is 9.57. The van der Waals surface area contributed by atoms with Gasteiger partial charge in [0.05, 0.1) is 12.5 Å². The van der Waals surface area contributed by atoms with E-state index in [-0.39, 0.29) is 17.3 Å². The van der Waals surface area contributed by atoms with Crippen LogP contribution in [0.5, 0.6) is 0 Å². The van der Waals surface area contributed by atoms with Gasteiger partial charge in [0.15, 0.2) is 15.0 Å². The summed E-state index contributed by atoms with van der Waals surface area (Å²) in [6.45, 7) is 0.453. The van der Waals surface area contributed by atoms with Gasteiger partial charge in [-0.25, -0.2) is 18.0 Å². The fourth-order valence-corrected chi connectivity index (χ4v) is 6.93. The first-order valence-corrected chi connectivity index (χ1v) is 16.7. The van der Waals surface area contributed by atoms with Crippen LogP contribution in [0, 0.1) is 0 Å². The highest BCUT2D eigenvalue weighted by Gasteiger charge is 2.71. The van der Waals surface area contributed by atoms with Crippen molar-refractivity contribution in [2.75, 3.05) is 12.0 Å². The number of benzene rings is 3. The van der Waals surface area contributed by atoms with Crippen molar-refractivity contribution in [1.82, 2.24) is 10.2 Å². The second kappa shape index (κ2) is 14.5. The monoisotopic (exact) mass is 652 g/mol. The smallest absolute Gasteiger partial charge is 0.360 e. The number of esters is 2. The minimum absolute atomic E-state index is 0.0906. The van der Waals surface area contributed by atoms with E-state index in [0.29, 0.717) is 27.8 Å². The molecule has 0 aliphatic carbocycles. The number of rotatable bonds is 13. The molecular weight excluding hydrogens is 620 g/mol. The van der Waals surface area contributed by atoms with Crippen LogP contribution in [0.2, 0.25) is 0 Å². The van der Waals surface area contributed by atoms with E-state index < -0.39 is 63.8 Å². The summed E-state index contributed by atoms with van der Waals surface area (Å²) in [5, 5.41) is 2.21. The van der Waals surface area contributed by atoms with Crippen molar-refractivity contribution in [2.45, 2.75) is 43.5 Å².